The Balaban J connectivity index is 1.67. The molecule has 9 nitrogen and oxygen atoms in total. The Labute approximate surface area is 205 Å². The number of aromatic nitrogens is 2. The van der Waals surface area contributed by atoms with Gasteiger partial charge in [0.2, 0.25) is 6.41 Å². The Morgan fingerprint density at radius 3 is 2.51 bits per heavy atom. The van der Waals surface area contributed by atoms with Gasteiger partial charge in [0.05, 0.1) is 23.9 Å². The molecule has 2 N–H and O–H groups in total. The number of hydrogen-bond acceptors (Lipinski definition) is 6. The summed E-state index contributed by atoms with van der Waals surface area (Å²) < 4.78 is 62.0. The lowest BCUT2D eigenvalue weighted by molar-refractivity contribution is -0.138. The SMILES string of the molecule is O=C(O)c1cn(-c2ccc(N3CCOC3O)cc2F)c(=O)n([C@@H]2CCc3c2cccc3C(F)(F)F)c1=O. The van der Waals surface area contributed by atoms with E-state index in [2.05, 4.69) is 0 Å². The first-order valence-electron chi connectivity index (χ1n) is 11.2. The largest absolute Gasteiger partial charge is 0.477 e. The van der Waals surface area contributed by atoms with E-state index in [1.165, 1.54) is 23.1 Å². The molecule has 2 aromatic carbocycles. The highest BCUT2D eigenvalue weighted by atomic mass is 19.4. The molecule has 1 saturated heterocycles. The van der Waals surface area contributed by atoms with E-state index in [1.54, 1.807) is 0 Å². The lowest BCUT2D eigenvalue weighted by atomic mass is 10.0. The van der Waals surface area contributed by atoms with Gasteiger partial charge in [-0.25, -0.2) is 14.0 Å². The van der Waals surface area contributed by atoms with Gasteiger partial charge in [-0.1, -0.05) is 12.1 Å². The zero-order valence-electron chi connectivity index (χ0n) is 18.9. The van der Waals surface area contributed by atoms with Gasteiger partial charge in [0.15, 0.2) is 0 Å². The maximum atomic E-state index is 15.2. The lowest BCUT2D eigenvalue weighted by Gasteiger charge is -2.22. The number of aliphatic hydroxyl groups is 1. The molecular weight excluding hydrogens is 502 g/mol. The molecule has 37 heavy (non-hydrogen) atoms. The summed E-state index contributed by atoms with van der Waals surface area (Å²) in [5, 5.41) is 19.5. The topological polar surface area (TPSA) is 114 Å². The molecule has 0 saturated carbocycles. The third-order valence-electron chi connectivity index (χ3n) is 6.59. The van der Waals surface area contributed by atoms with Crippen LogP contribution in [0, 0.1) is 5.82 Å². The first-order chi connectivity index (χ1) is 17.5. The van der Waals surface area contributed by atoms with E-state index in [0.717, 1.165) is 18.2 Å². The minimum Gasteiger partial charge on any atom is -0.477 e. The number of carboxylic acids is 1. The van der Waals surface area contributed by atoms with Gasteiger partial charge in [-0.3, -0.25) is 13.9 Å². The molecule has 1 aliphatic carbocycles. The molecule has 1 unspecified atom stereocenters. The first-order valence-corrected chi connectivity index (χ1v) is 11.2. The van der Waals surface area contributed by atoms with Gasteiger partial charge in [0, 0.05) is 18.4 Å². The van der Waals surface area contributed by atoms with Crippen LogP contribution in [0.1, 0.15) is 39.5 Å². The number of aliphatic hydroxyl groups excluding tert-OH is 1. The van der Waals surface area contributed by atoms with Crippen molar-refractivity contribution in [3.8, 4) is 5.69 Å². The molecule has 13 heteroatoms. The minimum atomic E-state index is -4.66. The van der Waals surface area contributed by atoms with Crippen molar-refractivity contribution in [2.24, 2.45) is 0 Å². The van der Waals surface area contributed by atoms with Crippen molar-refractivity contribution in [2.75, 3.05) is 18.1 Å². The van der Waals surface area contributed by atoms with Crippen LogP contribution < -0.4 is 16.1 Å². The van der Waals surface area contributed by atoms with Crippen LogP contribution in [0.25, 0.3) is 5.69 Å². The molecule has 1 aliphatic heterocycles. The molecule has 0 amide bonds. The van der Waals surface area contributed by atoms with Crippen molar-refractivity contribution < 1.29 is 37.3 Å². The van der Waals surface area contributed by atoms with Gasteiger partial charge in [-0.2, -0.15) is 13.2 Å². The zero-order valence-corrected chi connectivity index (χ0v) is 18.9. The number of aromatic carboxylic acids is 1. The van der Waals surface area contributed by atoms with Gasteiger partial charge in [0.1, 0.15) is 11.4 Å². The molecule has 0 bridgehead atoms. The lowest BCUT2D eigenvalue weighted by Crippen LogP contribution is -2.44. The van der Waals surface area contributed by atoms with Crippen molar-refractivity contribution in [3.63, 3.8) is 0 Å². The van der Waals surface area contributed by atoms with Crippen molar-refractivity contribution in [1.82, 2.24) is 9.13 Å². The number of nitrogens with zero attached hydrogens (tertiary/aromatic N) is 3. The van der Waals surface area contributed by atoms with Gasteiger partial charge in [0.25, 0.3) is 5.56 Å². The molecule has 1 fully saturated rings. The van der Waals surface area contributed by atoms with Crippen LogP contribution in [-0.2, 0) is 17.3 Å². The van der Waals surface area contributed by atoms with E-state index in [0.29, 0.717) is 15.3 Å². The van der Waals surface area contributed by atoms with E-state index in [9.17, 15) is 37.8 Å². The average Bonchev–Trinajstić information content (AvgIpc) is 3.45. The predicted molar refractivity (Wildman–Crippen MR) is 120 cm³/mol. The maximum absolute atomic E-state index is 15.2. The standard InChI is InChI=1S/C24H19F4N3O6/c25-17-10-12(29-8-9-37-23(29)36)4-6-19(17)30-11-15(21(33)34)20(32)31(22(30)35)18-7-5-13-14(18)2-1-3-16(13)24(26,27)28/h1-4,6,10-11,18,23,36H,5,7-9H2,(H,33,34)/t18-,23?/m1/s1. The third kappa shape index (κ3) is 4.09. The molecule has 1 aromatic heterocycles. The Hall–Kier alpha value is -3.97. The van der Waals surface area contributed by atoms with Crippen LogP contribution in [0.2, 0.25) is 0 Å². The molecule has 2 atom stereocenters. The smallest absolute Gasteiger partial charge is 0.416 e. The second-order valence-corrected chi connectivity index (χ2v) is 8.63. The number of fused-ring (bicyclic) bond motifs is 1. The van der Waals surface area contributed by atoms with E-state index in [4.69, 9.17) is 4.74 Å². The predicted octanol–water partition coefficient (Wildman–Crippen LogP) is 2.50. The summed E-state index contributed by atoms with van der Waals surface area (Å²) >= 11 is 0. The number of hydrogen-bond donors (Lipinski definition) is 2. The number of benzene rings is 2. The molecule has 0 spiro atoms. The van der Waals surface area contributed by atoms with Crippen LogP contribution in [-0.4, -0.2) is 44.9 Å². The van der Waals surface area contributed by atoms with Crippen molar-refractivity contribution in [3.05, 3.63) is 91.5 Å². The Morgan fingerprint density at radius 2 is 1.89 bits per heavy atom. The number of ether oxygens (including phenoxy) is 1. The summed E-state index contributed by atoms with van der Waals surface area (Å²) in [6, 6.07) is 5.78. The van der Waals surface area contributed by atoms with Crippen LogP contribution >= 0.6 is 0 Å². The Morgan fingerprint density at radius 1 is 1.14 bits per heavy atom. The average molecular weight is 521 g/mol. The van der Waals surface area contributed by atoms with Crippen molar-refractivity contribution >= 4 is 11.7 Å². The molecular formula is C24H19F4N3O6. The van der Waals surface area contributed by atoms with Crippen LogP contribution in [0.15, 0.2) is 52.2 Å². The highest BCUT2D eigenvalue weighted by molar-refractivity contribution is 5.86. The molecule has 194 valence electrons. The van der Waals surface area contributed by atoms with Gasteiger partial charge < -0.3 is 19.8 Å². The summed E-state index contributed by atoms with van der Waals surface area (Å²) in [5.74, 6) is -2.66. The third-order valence-corrected chi connectivity index (χ3v) is 6.59. The van der Waals surface area contributed by atoms with Gasteiger partial charge in [-0.15, -0.1) is 0 Å². The zero-order chi connectivity index (χ0) is 26.6. The highest BCUT2D eigenvalue weighted by Gasteiger charge is 2.38. The second-order valence-electron chi connectivity index (χ2n) is 8.63. The van der Waals surface area contributed by atoms with Gasteiger partial charge >= 0.3 is 17.8 Å². The number of halogens is 4. The van der Waals surface area contributed by atoms with E-state index in [-0.39, 0.29) is 48.5 Å². The summed E-state index contributed by atoms with van der Waals surface area (Å²) in [5.41, 5.74) is -4.24. The Kier molecular flexibility index (Phi) is 5.91. The normalized spacial score (nSPS) is 19.3. The molecule has 0 radical (unpaired) electrons. The molecule has 5 rings (SSSR count). The fourth-order valence-corrected chi connectivity index (χ4v) is 4.92. The van der Waals surface area contributed by atoms with Crippen molar-refractivity contribution in [1.29, 1.82) is 0 Å². The number of alkyl halides is 3. The molecule has 2 heterocycles. The minimum absolute atomic E-state index is 0.0606. The van der Waals surface area contributed by atoms with Gasteiger partial charge in [-0.05, 0) is 48.2 Å². The van der Waals surface area contributed by atoms with E-state index < -0.39 is 52.8 Å². The second kappa shape index (κ2) is 8.85. The van der Waals surface area contributed by atoms with Crippen molar-refractivity contribution in [2.45, 2.75) is 31.5 Å². The number of rotatable bonds is 4. The van der Waals surface area contributed by atoms with Crippen LogP contribution in [0.5, 0.6) is 0 Å². The number of anilines is 1. The fraction of sp³-hybridized carbons (Fsp3) is 0.292. The summed E-state index contributed by atoms with van der Waals surface area (Å²) in [7, 11) is 0. The monoisotopic (exact) mass is 521 g/mol. The summed E-state index contributed by atoms with van der Waals surface area (Å²) in [4.78, 5) is 39.7. The van der Waals surface area contributed by atoms with E-state index in [1.807, 2.05) is 0 Å². The number of carbonyl (C=O) groups is 1. The van der Waals surface area contributed by atoms with E-state index >= 15 is 4.39 Å². The maximum Gasteiger partial charge on any atom is 0.416 e. The molecule has 3 aromatic rings. The highest BCUT2D eigenvalue weighted by Crippen LogP contribution is 2.41. The fourth-order valence-electron chi connectivity index (χ4n) is 4.92. The van der Waals surface area contributed by atoms with Crippen LogP contribution in [0.4, 0.5) is 23.2 Å². The van der Waals surface area contributed by atoms with Crippen LogP contribution in [0.3, 0.4) is 0 Å². The quantitative estimate of drug-likeness (QED) is 0.508. The Bertz CT molecular complexity index is 1530. The summed E-state index contributed by atoms with van der Waals surface area (Å²) in [6.45, 7) is 0.477. The first kappa shape index (κ1) is 24.7. The molecule has 2 aliphatic rings. The number of carboxylic acid groups (broad SMARTS) is 1. The summed E-state index contributed by atoms with van der Waals surface area (Å²) in [6.07, 6.45) is -5.42.